The highest BCUT2D eigenvalue weighted by Crippen LogP contribution is 2.18. The Balaban J connectivity index is 2.62. The molecule has 2 N–H and O–H groups in total. The Hall–Kier alpha value is -1.61. The van der Waals surface area contributed by atoms with E-state index in [2.05, 4.69) is 5.10 Å². The second-order valence-electron chi connectivity index (χ2n) is 3.56. The number of halogens is 1. The summed E-state index contributed by atoms with van der Waals surface area (Å²) >= 11 is 0. The van der Waals surface area contributed by atoms with Crippen molar-refractivity contribution in [3.05, 3.63) is 23.5 Å². The Morgan fingerprint density at radius 3 is 2.71 bits per heavy atom. The van der Waals surface area contributed by atoms with Gasteiger partial charge in [-0.25, -0.2) is 17.1 Å². The van der Waals surface area contributed by atoms with Crippen LogP contribution in [0.3, 0.4) is 0 Å². The van der Waals surface area contributed by atoms with Gasteiger partial charge in [0.1, 0.15) is 0 Å². The van der Waals surface area contributed by atoms with E-state index < -0.39 is 28.6 Å². The van der Waals surface area contributed by atoms with E-state index in [4.69, 9.17) is 0 Å². The van der Waals surface area contributed by atoms with Crippen molar-refractivity contribution in [2.45, 2.75) is 0 Å². The minimum absolute atomic E-state index is 0.215. The van der Waals surface area contributed by atoms with Crippen LogP contribution < -0.4 is 5.46 Å². The number of hydrogen-bond acceptors (Lipinski definition) is 5. The number of hydrogen-bond donors (Lipinski definition) is 2. The highest BCUT2D eigenvalue weighted by Gasteiger charge is 2.38. The predicted octanol–water partition coefficient (Wildman–Crippen LogP) is -1.17. The van der Waals surface area contributed by atoms with E-state index in [9.17, 15) is 22.9 Å². The molecule has 0 aliphatic carbocycles. The van der Waals surface area contributed by atoms with E-state index in [1.165, 1.54) is 6.07 Å². The Morgan fingerprint density at radius 1 is 1.47 bits per heavy atom. The topological polar surface area (TPSA) is 90.2 Å². The van der Waals surface area contributed by atoms with Crippen molar-refractivity contribution >= 4 is 28.8 Å². The fourth-order valence-corrected chi connectivity index (χ4v) is 2.22. The average Bonchev–Trinajstić information content (AvgIpc) is 2.22. The summed E-state index contributed by atoms with van der Waals surface area (Å²) in [5.74, 6) is -1.72. The third kappa shape index (κ3) is 1.87. The normalized spacial score (nSPS) is 15.0. The van der Waals surface area contributed by atoms with Gasteiger partial charge in [0, 0.05) is 5.46 Å². The first-order valence-electron chi connectivity index (χ1n) is 4.55. The van der Waals surface area contributed by atoms with Gasteiger partial charge in [-0.05, 0) is 17.7 Å². The maximum atomic E-state index is 13.6. The zero-order chi connectivity index (χ0) is 12.8. The van der Waals surface area contributed by atoms with Gasteiger partial charge in [-0.15, -0.1) is 0 Å². The zero-order valence-electron chi connectivity index (χ0n) is 8.70. The van der Waals surface area contributed by atoms with Crippen LogP contribution in [0.15, 0.2) is 17.2 Å². The van der Waals surface area contributed by atoms with E-state index in [0.29, 0.717) is 4.33 Å². The molecule has 9 heteroatoms. The lowest BCUT2D eigenvalue weighted by molar-refractivity contribution is 0.430. The van der Waals surface area contributed by atoms with E-state index in [0.717, 1.165) is 18.5 Å². The van der Waals surface area contributed by atoms with Crippen LogP contribution in [0.1, 0.15) is 5.56 Å². The van der Waals surface area contributed by atoms with Gasteiger partial charge in [-0.1, -0.05) is 0 Å². The van der Waals surface area contributed by atoms with Crippen LogP contribution in [0.25, 0.3) is 0 Å². The van der Waals surface area contributed by atoms with Crippen molar-refractivity contribution in [2.24, 2.45) is 5.10 Å². The fourth-order valence-electron chi connectivity index (χ4n) is 1.53. The molecule has 1 heterocycles. The Kier molecular flexibility index (Phi) is 2.59. The molecule has 0 unspecified atom stereocenters. The Bertz CT molecular complexity index is 604. The molecule has 0 saturated carbocycles. The monoisotopic (exact) mass is 258 g/mol. The first-order chi connectivity index (χ1) is 7.82. The van der Waals surface area contributed by atoms with E-state index in [-0.39, 0.29) is 11.0 Å². The molecule has 0 fully saturated rings. The Labute approximate surface area is 97.2 Å². The van der Waals surface area contributed by atoms with Crippen LogP contribution in [0, 0.1) is 5.82 Å². The smallest absolute Gasteiger partial charge is 0.487 e. The van der Waals surface area contributed by atoms with Gasteiger partial charge in [-0.3, -0.25) is 0 Å². The predicted molar refractivity (Wildman–Crippen MR) is 59.9 cm³/mol. The number of phenolic OH excluding ortho intramolecular Hbond substituents is 1. The minimum Gasteiger partial charge on any atom is -0.505 e. The van der Waals surface area contributed by atoms with E-state index in [1.54, 1.807) is 0 Å². The number of hydrazone groups is 1. The molecule has 6 nitrogen and oxygen atoms in total. The first kappa shape index (κ1) is 11.9. The quantitative estimate of drug-likeness (QED) is 0.621. The molecule has 1 aliphatic heterocycles. The van der Waals surface area contributed by atoms with Crippen molar-refractivity contribution < 1.29 is 22.9 Å². The largest absolute Gasteiger partial charge is 0.505 e. The number of rotatable bonds is 1. The molecule has 0 amide bonds. The maximum Gasteiger partial charge on any atom is 0.487 e. The molecule has 2 rings (SSSR count). The van der Waals surface area contributed by atoms with Crippen LogP contribution in [0.5, 0.6) is 5.75 Å². The molecule has 0 spiro atoms. The minimum atomic E-state index is -3.81. The van der Waals surface area contributed by atoms with Gasteiger partial charge in [0.2, 0.25) is 10.0 Å². The molecule has 1 aliphatic rings. The van der Waals surface area contributed by atoms with Crippen molar-refractivity contribution in [1.29, 1.82) is 0 Å². The molecule has 0 bridgehead atoms. The standard InChI is InChI=1S/C8H8BFN2O4S/c1-17(15,16)12-9(14)7-5(4-11-12)2-3-6(13)8(7)10/h2-4,13-14H,1H3. The molecular weight excluding hydrogens is 250 g/mol. The number of phenols is 1. The molecule has 0 aromatic heterocycles. The molecular formula is C8H8BFN2O4S. The maximum absolute atomic E-state index is 13.6. The summed E-state index contributed by atoms with van der Waals surface area (Å²) in [4.78, 5) is 0. The molecule has 90 valence electrons. The summed E-state index contributed by atoms with van der Waals surface area (Å²) in [6.07, 6.45) is 1.94. The second-order valence-corrected chi connectivity index (χ2v) is 5.40. The van der Waals surface area contributed by atoms with Crippen LogP contribution >= 0.6 is 0 Å². The van der Waals surface area contributed by atoms with Crippen LogP contribution in [-0.2, 0) is 10.0 Å². The van der Waals surface area contributed by atoms with Crippen LogP contribution in [0.2, 0.25) is 0 Å². The summed E-state index contributed by atoms with van der Waals surface area (Å²) in [6, 6.07) is 2.43. The van der Waals surface area contributed by atoms with Gasteiger partial charge in [-0.2, -0.15) is 5.10 Å². The third-order valence-electron chi connectivity index (χ3n) is 2.31. The SMILES string of the molecule is CS(=O)(=O)N1N=Cc2ccc(O)c(F)c2B1O. The van der Waals surface area contributed by atoms with Gasteiger partial charge in [0.15, 0.2) is 11.6 Å². The number of aromatic hydroxyl groups is 1. The van der Waals surface area contributed by atoms with E-state index >= 15 is 0 Å². The summed E-state index contributed by atoms with van der Waals surface area (Å²) < 4.78 is 36.5. The average molecular weight is 258 g/mol. The van der Waals surface area contributed by atoms with Crippen LogP contribution in [0.4, 0.5) is 4.39 Å². The number of nitrogens with zero attached hydrogens (tertiary/aromatic N) is 2. The lowest BCUT2D eigenvalue weighted by atomic mass is 9.71. The van der Waals surface area contributed by atoms with Gasteiger partial charge >= 0.3 is 7.05 Å². The van der Waals surface area contributed by atoms with Crippen molar-refractivity contribution in [3.8, 4) is 5.75 Å². The highest BCUT2D eigenvalue weighted by molar-refractivity contribution is 7.89. The molecule has 1 aromatic rings. The number of sulfonamides is 1. The second kappa shape index (κ2) is 3.71. The molecule has 0 radical (unpaired) electrons. The highest BCUT2D eigenvalue weighted by atomic mass is 32.2. The van der Waals surface area contributed by atoms with Crippen LogP contribution in [-0.4, -0.2) is 42.4 Å². The zero-order valence-corrected chi connectivity index (χ0v) is 9.52. The third-order valence-corrected chi connectivity index (χ3v) is 3.28. The number of fused-ring (bicyclic) bond motifs is 1. The Morgan fingerprint density at radius 2 is 2.12 bits per heavy atom. The van der Waals surface area contributed by atoms with Gasteiger partial charge in [0.25, 0.3) is 0 Å². The fraction of sp³-hybridized carbons (Fsp3) is 0.125. The number of benzene rings is 1. The molecule has 0 saturated heterocycles. The van der Waals surface area contributed by atoms with Gasteiger partial charge in [0.05, 0.1) is 12.5 Å². The molecule has 17 heavy (non-hydrogen) atoms. The molecule has 0 atom stereocenters. The van der Waals surface area contributed by atoms with Crippen molar-refractivity contribution in [1.82, 2.24) is 4.33 Å². The lowest BCUT2D eigenvalue weighted by Crippen LogP contribution is -2.53. The van der Waals surface area contributed by atoms with E-state index in [1.807, 2.05) is 0 Å². The van der Waals surface area contributed by atoms with Crippen molar-refractivity contribution in [3.63, 3.8) is 0 Å². The molecule has 1 aromatic carbocycles. The first-order valence-corrected chi connectivity index (χ1v) is 6.40. The summed E-state index contributed by atoms with van der Waals surface area (Å²) in [5.41, 5.74) is -0.0990. The summed E-state index contributed by atoms with van der Waals surface area (Å²) in [6.45, 7) is 0. The summed E-state index contributed by atoms with van der Waals surface area (Å²) in [7, 11) is -5.59. The van der Waals surface area contributed by atoms with Gasteiger partial charge < -0.3 is 10.1 Å². The van der Waals surface area contributed by atoms with Crippen molar-refractivity contribution in [2.75, 3.05) is 6.26 Å². The summed E-state index contributed by atoms with van der Waals surface area (Å²) in [5, 5.41) is 22.4. The lowest BCUT2D eigenvalue weighted by Gasteiger charge is -2.24.